The molecule has 32 heavy (non-hydrogen) atoms. The highest BCUT2D eigenvalue weighted by Gasteiger charge is 2.21. The minimum atomic E-state index is 0.200. The van der Waals surface area contributed by atoms with Gasteiger partial charge in [-0.05, 0) is 67.8 Å². The van der Waals surface area contributed by atoms with E-state index in [1.54, 1.807) is 0 Å². The van der Waals surface area contributed by atoms with Crippen LogP contribution in [0.4, 0.5) is 5.69 Å². The highest BCUT2D eigenvalue weighted by molar-refractivity contribution is 5.46. The molecule has 1 atom stereocenters. The fraction of sp³-hybridized carbons (Fsp3) is 0.357. The molecule has 0 saturated carbocycles. The molecular weight excluding hydrogens is 396 g/mol. The zero-order valence-electron chi connectivity index (χ0n) is 19.2. The van der Waals surface area contributed by atoms with Crippen molar-refractivity contribution < 1.29 is 9.47 Å². The van der Waals surface area contributed by atoms with Crippen LogP contribution in [0.15, 0.2) is 78.9 Å². The van der Waals surface area contributed by atoms with E-state index in [0.29, 0.717) is 0 Å². The monoisotopic (exact) mass is 430 g/mol. The van der Waals surface area contributed by atoms with Gasteiger partial charge >= 0.3 is 0 Å². The van der Waals surface area contributed by atoms with Crippen LogP contribution >= 0.6 is 0 Å². The van der Waals surface area contributed by atoms with Gasteiger partial charge in [0.2, 0.25) is 0 Å². The van der Waals surface area contributed by atoms with Crippen LogP contribution in [0.2, 0.25) is 0 Å². The van der Waals surface area contributed by atoms with Gasteiger partial charge in [0.25, 0.3) is 0 Å². The lowest BCUT2D eigenvalue weighted by molar-refractivity contribution is 0.0842. The first-order chi connectivity index (χ1) is 15.7. The fourth-order valence-corrected chi connectivity index (χ4v) is 4.26. The third-order valence-corrected chi connectivity index (χ3v) is 5.89. The first-order valence-electron chi connectivity index (χ1n) is 11.7. The summed E-state index contributed by atoms with van der Waals surface area (Å²) >= 11 is 0. The van der Waals surface area contributed by atoms with Gasteiger partial charge in [0.15, 0.2) is 0 Å². The molecule has 0 N–H and O–H groups in total. The number of anilines is 1. The Bertz CT molecular complexity index is 959. The predicted molar refractivity (Wildman–Crippen MR) is 132 cm³/mol. The van der Waals surface area contributed by atoms with Gasteiger partial charge in [-0.25, -0.2) is 0 Å². The predicted octanol–water partition coefficient (Wildman–Crippen LogP) is 6.37. The highest BCUT2D eigenvalue weighted by atomic mass is 16.5. The summed E-state index contributed by atoms with van der Waals surface area (Å²) in [6.07, 6.45) is 3.60. The molecule has 4 nitrogen and oxygen atoms in total. The van der Waals surface area contributed by atoms with Gasteiger partial charge in [-0.1, -0.05) is 43.3 Å². The Hall–Kier alpha value is -2.98. The molecule has 1 unspecified atom stereocenters. The van der Waals surface area contributed by atoms with Crippen molar-refractivity contribution in [3.8, 4) is 17.2 Å². The van der Waals surface area contributed by atoms with Crippen molar-refractivity contribution in [3.05, 3.63) is 84.4 Å². The van der Waals surface area contributed by atoms with Crippen LogP contribution in [0.5, 0.6) is 17.2 Å². The largest absolute Gasteiger partial charge is 0.489 e. The van der Waals surface area contributed by atoms with Crippen molar-refractivity contribution in [3.63, 3.8) is 0 Å². The van der Waals surface area contributed by atoms with Gasteiger partial charge in [-0.2, -0.15) is 0 Å². The standard InChI is InChI=1S/C28H34N2O2/c1-3-18-29(2)24-16-14-23(15-17-24)21-30-19-8-13-28(22-30)32-27-12-7-11-26(20-27)31-25-9-5-4-6-10-25/h4-7,9-12,14-17,20,28H,3,8,13,18-19,21-22H2,1-2H3. The number of nitrogens with zero attached hydrogens (tertiary/aromatic N) is 2. The molecule has 0 amide bonds. The van der Waals surface area contributed by atoms with Crippen molar-refractivity contribution in [2.45, 2.75) is 38.8 Å². The van der Waals surface area contributed by atoms with Crippen LogP contribution in [0.1, 0.15) is 31.7 Å². The maximum absolute atomic E-state index is 6.35. The number of ether oxygens (including phenoxy) is 2. The number of likely N-dealkylation sites (tertiary alicyclic amines) is 1. The third-order valence-electron chi connectivity index (χ3n) is 5.89. The zero-order chi connectivity index (χ0) is 22.2. The normalized spacial score (nSPS) is 16.5. The van der Waals surface area contributed by atoms with Gasteiger partial charge in [-0.3, -0.25) is 4.90 Å². The van der Waals surface area contributed by atoms with E-state index in [1.807, 2.05) is 54.6 Å². The van der Waals surface area contributed by atoms with E-state index in [9.17, 15) is 0 Å². The molecule has 4 heteroatoms. The Labute approximate surface area is 192 Å². The number of benzene rings is 3. The Morgan fingerprint density at radius 2 is 1.66 bits per heavy atom. The van der Waals surface area contributed by atoms with Gasteiger partial charge in [-0.15, -0.1) is 0 Å². The minimum Gasteiger partial charge on any atom is -0.489 e. The van der Waals surface area contributed by atoms with Crippen molar-refractivity contribution in [1.82, 2.24) is 4.90 Å². The molecule has 1 aliphatic rings. The molecule has 0 radical (unpaired) electrons. The fourth-order valence-electron chi connectivity index (χ4n) is 4.26. The summed E-state index contributed by atoms with van der Waals surface area (Å²) in [6.45, 7) is 6.33. The summed E-state index contributed by atoms with van der Waals surface area (Å²) in [5.41, 5.74) is 2.64. The molecule has 4 rings (SSSR count). The van der Waals surface area contributed by atoms with E-state index in [-0.39, 0.29) is 6.10 Å². The molecule has 168 valence electrons. The molecular formula is C28H34N2O2. The second-order valence-corrected chi connectivity index (χ2v) is 8.60. The maximum Gasteiger partial charge on any atom is 0.131 e. The average molecular weight is 431 g/mol. The van der Waals surface area contributed by atoms with Crippen LogP contribution in [-0.4, -0.2) is 37.7 Å². The van der Waals surface area contributed by atoms with Crippen molar-refractivity contribution in [2.75, 3.05) is 31.6 Å². The third kappa shape index (κ3) is 6.27. The molecule has 1 heterocycles. The SMILES string of the molecule is CCCN(C)c1ccc(CN2CCCC(Oc3cccc(Oc4ccccc4)c3)C2)cc1. The quantitative estimate of drug-likeness (QED) is 0.394. The zero-order valence-corrected chi connectivity index (χ0v) is 19.2. The Balaban J connectivity index is 1.32. The van der Waals surface area contributed by atoms with Gasteiger partial charge < -0.3 is 14.4 Å². The second-order valence-electron chi connectivity index (χ2n) is 8.60. The molecule has 1 saturated heterocycles. The first kappa shape index (κ1) is 22.2. The lowest BCUT2D eigenvalue weighted by Gasteiger charge is -2.33. The summed E-state index contributed by atoms with van der Waals surface area (Å²) in [4.78, 5) is 4.81. The summed E-state index contributed by atoms with van der Waals surface area (Å²) < 4.78 is 12.3. The summed E-state index contributed by atoms with van der Waals surface area (Å²) in [6, 6.07) is 26.8. The van der Waals surface area contributed by atoms with Crippen LogP contribution < -0.4 is 14.4 Å². The number of rotatable bonds is 9. The van der Waals surface area contributed by atoms with Gasteiger partial charge in [0.05, 0.1) is 0 Å². The Morgan fingerprint density at radius 1 is 0.906 bits per heavy atom. The van der Waals surface area contributed by atoms with Crippen molar-refractivity contribution in [2.24, 2.45) is 0 Å². The van der Waals surface area contributed by atoms with E-state index >= 15 is 0 Å². The summed E-state index contributed by atoms with van der Waals surface area (Å²) in [5.74, 6) is 2.50. The Morgan fingerprint density at radius 3 is 2.44 bits per heavy atom. The molecule has 0 spiro atoms. The van der Waals surface area contributed by atoms with E-state index in [4.69, 9.17) is 9.47 Å². The molecule has 0 bridgehead atoms. The van der Waals surface area contributed by atoms with Crippen molar-refractivity contribution in [1.29, 1.82) is 0 Å². The molecule has 0 aliphatic carbocycles. The minimum absolute atomic E-state index is 0.200. The molecule has 3 aromatic rings. The van der Waals surface area contributed by atoms with Gasteiger partial charge in [0.1, 0.15) is 23.4 Å². The van der Waals surface area contributed by atoms with Gasteiger partial charge in [0, 0.05) is 38.4 Å². The van der Waals surface area contributed by atoms with Crippen molar-refractivity contribution >= 4 is 5.69 Å². The van der Waals surface area contributed by atoms with E-state index in [1.165, 1.54) is 11.3 Å². The van der Waals surface area contributed by atoms with Crippen LogP contribution in [-0.2, 0) is 6.54 Å². The lowest BCUT2D eigenvalue weighted by Crippen LogP contribution is -2.40. The molecule has 0 aromatic heterocycles. The first-order valence-corrected chi connectivity index (χ1v) is 11.7. The smallest absolute Gasteiger partial charge is 0.131 e. The molecule has 1 aliphatic heterocycles. The Kier molecular flexibility index (Phi) is 7.68. The molecule has 3 aromatic carbocycles. The average Bonchev–Trinajstić information content (AvgIpc) is 2.81. The number of piperidine rings is 1. The summed E-state index contributed by atoms with van der Waals surface area (Å²) in [7, 11) is 2.16. The number of hydrogen-bond acceptors (Lipinski definition) is 4. The van der Waals surface area contributed by atoms with Crippen LogP contribution in [0.25, 0.3) is 0 Å². The second kappa shape index (κ2) is 11.1. The van der Waals surface area contributed by atoms with E-state index in [0.717, 1.165) is 62.7 Å². The molecule has 1 fully saturated rings. The van der Waals surface area contributed by atoms with E-state index in [2.05, 4.69) is 48.0 Å². The van der Waals surface area contributed by atoms with Crippen LogP contribution in [0.3, 0.4) is 0 Å². The summed E-state index contributed by atoms with van der Waals surface area (Å²) in [5, 5.41) is 0. The highest BCUT2D eigenvalue weighted by Crippen LogP contribution is 2.27. The lowest BCUT2D eigenvalue weighted by atomic mass is 10.1. The topological polar surface area (TPSA) is 24.9 Å². The maximum atomic E-state index is 6.35. The number of para-hydroxylation sites is 1. The van der Waals surface area contributed by atoms with E-state index < -0.39 is 0 Å². The van der Waals surface area contributed by atoms with Crippen LogP contribution in [0, 0.1) is 0 Å². The number of hydrogen-bond donors (Lipinski definition) is 0.